The highest BCUT2D eigenvalue weighted by Crippen LogP contribution is 2.44. The number of hydrogen-bond acceptors (Lipinski definition) is 6. The average molecular weight is 444 g/mol. The summed E-state index contributed by atoms with van der Waals surface area (Å²) in [5.41, 5.74) is 2.51. The van der Waals surface area contributed by atoms with Crippen molar-refractivity contribution in [1.29, 1.82) is 0 Å². The predicted octanol–water partition coefficient (Wildman–Crippen LogP) is 3.31. The predicted molar refractivity (Wildman–Crippen MR) is 100.0 cm³/mol. The maximum absolute atomic E-state index is 14.7. The normalized spacial score (nSPS) is 20.7. The summed E-state index contributed by atoms with van der Waals surface area (Å²) in [4.78, 5) is 19.8. The Labute approximate surface area is 173 Å². The molecule has 3 rings (SSSR count). The first-order chi connectivity index (χ1) is 14.5. The maximum Gasteiger partial charge on any atom is 0.387 e. The highest BCUT2D eigenvalue weighted by molar-refractivity contribution is 6.02. The molecule has 1 amide bonds. The Balaban J connectivity index is 1.89. The van der Waals surface area contributed by atoms with E-state index < -0.39 is 42.0 Å². The van der Waals surface area contributed by atoms with E-state index in [2.05, 4.69) is 20.0 Å². The van der Waals surface area contributed by atoms with E-state index in [4.69, 9.17) is 10.5 Å². The minimum atomic E-state index is -3.60. The van der Waals surface area contributed by atoms with Crippen LogP contribution >= 0.6 is 0 Å². The van der Waals surface area contributed by atoms with Crippen molar-refractivity contribution < 1.29 is 36.2 Å². The number of ether oxygens (including phenoxy) is 2. The Bertz CT molecular complexity index is 1000. The second kappa shape index (κ2) is 8.46. The van der Waals surface area contributed by atoms with Gasteiger partial charge in [0.05, 0.1) is 6.20 Å². The molecule has 0 saturated heterocycles. The summed E-state index contributed by atoms with van der Waals surface area (Å²) in [5, 5.41) is 2.38. The number of aromatic nitrogens is 1. The molecule has 0 fully saturated rings. The Morgan fingerprint density at radius 3 is 2.68 bits per heavy atom. The van der Waals surface area contributed by atoms with Crippen molar-refractivity contribution in [3.63, 3.8) is 0 Å². The van der Waals surface area contributed by atoms with Crippen LogP contribution in [0.5, 0.6) is 5.75 Å². The minimum absolute atomic E-state index is 0.0212. The lowest BCUT2D eigenvalue weighted by atomic mass is 9.85. The van der Waals surface area contributed by atoms with Crippen LogP contribution < -0.4 is 15.8 Å². The van der Waals surface area contributed by atoms with Gasteiger partial charge in [-0.1, -0.05) is 0 Å². The fourth-order valence-electron chi connectivity index (χ4n) is 2.94. The van der Waals surface area contributed by atoms with E-state index in [9.17, 15) is 26.7 Å². The largest absolute Gasteiger partial charge is 0.433 e. The SMILES string of the molecule is CC1(c2cc(NC(=O)c3ccc(OC(F)F)cn3)ccc2F)N=C(N)COCC1(F)F. The Morgan fingerprint density at radius 2 is 2.03 bits per heavy atom. The second-order valence-corrected chi connectivity index (χ2v) is 6.78. The third-order valence-corrected chi connectivity index (χ3v) is 4.56. The number of nitrogens with one attached hydrogen (secondary N) is 1. The molecule has 0 saturated carbocycles. The van der Waals surface area contributed by atoms with E-state index in [0.29, 0.717) is 0 Å². The summed E-state index contributed by atoms with van der Waals surface area (Å²) in [6.45, 7) is -3.40. The molecule has 166 valence electrons. The molecular weight excluding hydrogens is 427 g/mol. The van der Waals surface area contributed by atoms with E-state index in [1.807, 2.05) is 0 Å². The molecule has 7 nitrogen and oxygen atoms in total. The zero-order valence-electron chi connectivity index (χ0n) is 16.0. The summed E-state index contributed by atoms with van der Waals surface area (Å²) in [6, 6.07) is 5.30. The van der Waals surface area contributed by atoms with Crippen molar-refractivity contribution in [2.45, 2.75) is 25.0 Å². The van der Waals surface area contributed by atoms with Crippen molar-refractivity contribution in [2.24, 2.45) is 10.7 Å². The van der Waals surface area contributed by atoms with Crippen LogP contribution in [-0.4, -0.2) is 42.5 Å². The number of amidine groups is 1. The molecule has 1 aromatic heterocycles. The molecule has 12 heteroatoms. The van der Waals surface area contributed by atoms with E-state index in [0.717, 1.165) is 43.5 Å². The lowest BCUT2D eigenvalue weighted by molar-refractivity contribution is -0.116. The van der Waals surface area contributed by atoms with Crippen molar-refractivity contribution in [2.75, 3.05) is 18.5 Å². The number of hydrogen-bond donors (Lipinski definition) is 2. The first kappa shape index (κ1) is 22.4. The van der Waals surface area contributed by atoms with Crippen LogP contribution in [0.15, 0.2) is 41.5 Å². The highest BCUT2D eigenvalue weighted by Gasteiger charge is 2.54. The summed E-state index contributed by atoms with van der Waals surface area (Å²) in [5.74, 6) is -5.85. The molecule has 0 bridgehead atoms. The van der Waals surface area contributed by atoms with Gasteiger partial charge in [0, 0.05) is 11.3 Å². The van der Waals surface area contributed by atoms with Gasteiger partial charge in [0.15, 0.2) is 5.54 Å². The Kier molecular flexibility index (Phi) is 6.11. The molecule has 2 heterocycles. The molecular formula is C19H17F5N4O3. The summed E-state index contributed by atoms with van der Waals surface area (Å²) < 4.78 is 77.3. The number of halogens is 5. The number of pyridine rings is 1. The van der Waals surface area contributed by atoms with E-state index >= 15 is 0 Å². The molecule has 1 atom stereocenters. The molecule has 31 heavy (non-hydrogen) atoms. The molecule has 1 aromatic carbocycles. The number of benzene rings is 1. The van der Waals surface area contributed by atoms with Crippen molar-refractivity contribution in [3.8, 4) is 5.75 Å². The summed E-state index contributed by atoms with van der Waals surface area (Å²) in [6.07, 6.45) is 0.918. The van der Waals surface area contributed by atoms with Gasteiger partial charge < -0.3 is 20.5 Å². The molecule has 0 radical (unpaired) electrons. The first-order valence-electron chi connectivity index (χ1n) is 8.84. The maximum atomic E-state index is 14.7. The zero-order valence-corrected chi connectivity index (χ0v) is 16.0. The number of nitrogens with two attached hydrogens (primary N) is 1. The highest BCUT2D eigenvalue weighted by atomic mass is 19.3. The van der Waals surface area contributed by atoms with Crippen LogP contribution in [0.1, 0.15) is 23.0 Å². The number of amides is 1. The molecule has 2 aromatic rings. The number of carbonyl (C=O) groups is 1. The van der Waals surface area contributed by atoms with Crippen LogP contribution in [0.2, 0.25) is 0 Å². The molecule has 3 N–H and O–H groups in total. The number of alkyl halides is 4. The average Bonchev–Trinajstić information content (AvgIpc) is 2.78. The third kappa shape index (κ3) is 4.74. The van der Waals surface area contributed by atoms with Crippen molar-refractivity contribution in [1.82, 2.24) is 4.98 Å². The van der Waals surface area contributed by atoms with Crippen LogP contribution in [0.25, 0.3) is 0 Å². The zero-order chi connectivity index (χ0) is 22.8. The van der Waals surface area contributed by atoms with Crippen LogP contribution in [0.3, 0.4) is 0 Å². The van der Waals surface area contributed by atoms with Gasteiger partial charge in [0.1, 0.15) is 36.3 Å². The van der Waals surface area contributed by atoms with Gasteiger partial charge in [-0.3, -0.25) is 9.79 Å². The lowest BCUT2D eigenvalue weighted by Crippen LogP contribution is -2.45. The van der Waals surface area contributed by atoms with Gasteiger partial charge in [-0.2, -0.15) is 8.78 Å². The number of anilines is 1. The first-order valence-corrected chi connectivity index (χ1v) is 8.84. The van der Waals surface area contributed by atoms with Crippen LogP contribution in [-0.2, 0) is 10.3 Å². The minimum Gasteiger partial charge on any atom is -0.433 e. The Morgan fingerprint density at radius 1 is 1.29 bits per heavy atom. The Hall–Kier alpha value is -3.28. The number of nitrogens with zero attached hydrogens (tertiary/aromatic N) is 2. The molecule has 1 aliphatic heterocycles. The third-order valence-electron chi connectivity index (χ3n) is 4.56. The van der Waals surface area contributed by atoms with Gasteiger partial charge in [-0.25, -0.2) is 18.2 Å². The van der Waals surface area contributed by atoms with Gasteiger partial charge in [0.2, 0.25) is 0 Å². The summed E-state index contributed by atoms with van der Waals surface area (Å²) >= 11 is 0. The summed E-state index contributed by atoms with van der Waals surface area (Å²) in [7, 11) is 0. The topological polar surface area (TPSA) is 98.8 Å². The molecule has 0 aliphatic carbocycles. The van der Waals surface area contributed by atoms with Crippen LogP contribution in [0.4, 0.5) is 27.6 Å². The number of aliphatic imine (C=N–C) groups is 1. The molecule has 1 unspecified atom stereocenters. The van der Waals surface area contributed by atoms with Gasteiger partial charge >= 0.3 is 6.61 Å². The van der Waals surface area contributed by atoms with E-state index in [1.54, 1.807) is 0 Å². The van der Waals surface area contributed by atoms with Gasteiger partial charge in [-0.15, -0.1) is 0 Å². The lowest BCUT2D eigenvalue weighted by Gasteiger charge is -2.33. The van der Waals surface area contributed by atoms with E-state index in [-0.39, 0.29) is 29.6 Å². The molecule has 1 aliphatic rings. The monoisotopic (exact) mass is 444 g/mol. The second-order valence-electron chi connectivity index (χ2n) is 6.78. The fraction of sp³-hybridized carbons (Fsp3) is 0.316. The van der Waals surface area contributed by atoms with Gasteiger partial charge in [0.25, 0.3) is 11.8 Å². The van der Waals surface area contributed by atoms with Crippen molar-refractivity contribution >= 4 is 17.4 Å². The smallest absolute Gasteiger partial charge is 0.387 e. The number of rotatable bonds is 5. The van der Waals surface area contributed by atoms with Crippen molar-refractivity contribution in [3.05, 3.63) is 53.6 Å². The van der Waals surface area contributed by atoms with Gasteiger partial charge in [-0.05, 0) is 37.3 Å². The standard InChI is InChI=1S/C19H17F5N4O3/c1-18(19(23,24)9-30-8-15(25)28-18)12-6-10(2-4-13(12)20)27-16(29)14-5-3-11(7-26-14)31-17(21)22/h2-7,17H,8-9H2,1H3,(H2,25,28)(H,27,29). The van der Waals surface area contributed by atoms with Crippen LogP contribution in [0, 0.1) is 5.82 Å². The quantitative estimate of drug-likeness (QED) is 0.690. The van der Waals surface area contributed by atoms with E-state index in [1.165, 1.54) is 0 Å². The molecule has 0 spiro atoms. The fourth-order valence-corrected chi connectivity index (χ4v) is 2.94. The number of carbonyl (C=O) groups excluding carboxylic acids is 1.